The van der Waals surface area contributed by atoms with Crippen LogP contribution in [0.1, 0.15) is 0 Å². The highest BCUT2D eigenvalue weighted by Gasteiger charge is 2.08. The minimum atomic E-state index is -0.555. The van der Waals surface area contributed by atoms with Gasteiger partial charge in [-0.2, -0.15) is 15.8 Å². The van der Waals surface area contributed by atoms with Crippen LogP contribution in [-0.2, 0) is 0 Å². The first-order valence-electron chi connectivity index (χ1n) is 4.58. The molecule has 0 aliphatic heterocycles. The van der Waals surface area contributed by atoms with E-state index in [0.717, 1.165) is 0 Å². The average molecular weight is 239 g/mol. The van der Waals surface area contributed by atoms with Gasteiger partial charge in [0.1, 0.15) is 23.9 Å². The van der Waals surface area contributed by atoms with Crippen LogP contribution in [-0.4, -0.2) is 4.92 Å². The fraction of sp³-hybridized carbons (Fsp3) is 0. The number of hydrogen-bond donors (Lipinski definition) is 1. The van der Waals surface area contributed by atoms with E-state index in [1.807, 2.05) is 0 Å². The zero-order valence-corrected chi connectivity index (χ0v) is 8.91. The number of rotatable bonds is 3. The zero-order chi connectivity index (χ0) is 13.5. The van der Waals surface area contributed by atoms with E-state index >= 15 is 0 Å². The lowest BCUT2D eigenvalue weighted by Gasteiger charge is -2.03. The molecule has 86 valence electrons. The zero-order valence-electron chi connectivity index (χ0n) is 8.91. The summed E-state index contributed by atoms with van der Waals surface area (Å²) in [7, 11) is 0. The fourth-order valence-corrected chi connectivity index (χ4v) is 1.09. The molecule has 0 fully saturated rings. The van der Waals surface area contributed by atoms with Crippen molar-refractivity contribution < 1.29 is 4.92 Å². The molecular weight excluding hydrogens is 234 g/mol. The number of nitro groups is 1. The number of allylic oxidation sites excluding steroid dienone is 2. The Morgan fingerprint density at radius 1 is 1.11 bits per heavy atom. The number of nitro benzene ring substituents is 1. The Hall–Kier alpha value is -3.37. The SMILES string of the molecule is N#CC(C#N)=C(C#N)Nc1ccc([N+](=O)[O-])cc1. The Kier molecular flexibility index (Phi) is 3.98. The van der Waals surface area contributed by atoms with Crippen molar-refractivity contribution in [1.29, 1.82) is 15.8 Å². The number of non-ortho nitro benzene ring substituents is 1. The van der Waals surface area contributed by atoms with Crippen molar-refractivity contribution in [2.45, 2.75) is 0 Å². The summed E-state index contributed by atoms with van der Waals surface area (Å²) >= 11 is 0. The number of nitrogens with zero attached hydrogens (tertiary/aromatic N) is 4. The van der Waals surface area contributed by atoms with Crippen molar-refractivity contribution in [2.75, 3.05) is 5.32 Å². The first-order valence-corrected chi connectivity index (χ1v) is 4.58. The first-order chi connectivity index (χ1) is 8.62. The van der Waals surface area contributed by atoms with Gasteiger partial charge in [-0.1, -0.05) is 0 Å². The van der Waals surface area contributed by atoms with E-state index in [0.29, 0.717) is 5.69 Å². The molecule has 0 saturated carbocycles. The molecule has 0 saturated heterocycles. The Balaban J connectivity index is 3.03. The average Bonchev–Trinajstić information content (AvgIpc) is 2.39. The van der Waals surface area contributed by atoms with Gasteiger partial charge in [-0.25, -0.2) is 0 Å². The van der Waals surface area contributed by atoms with Gasteiger partial charge in [-0.15, -0.1) is 0 Å². The summed E-state index contributed by atoms with van der Waals surface area (Å²) in [6, 6.07) is 10.1. The van der Waals surface area contributed by atoms with Crippen LogP contribution in [0.25, 0.3) is 0 Å². The highest BCUT2D eigenvalue weighted by Crippen LogP contribution is 2.17. The largest absolute Gasteiger partial charge is 0.345 e. The van der Waals surface area contributed by atoms with Crippen LogP contribution in [0, 0.1) is 44.1 Å². The van der Waals surface area contributed by atoms with Crippen molar-refractivity contribution in [3.63, 3.8) is 0 Å². The van der Waals surface area contributed by atoms with Gasteiger partial charge in [0.05, 0.1) is 4.92 Å². The van der Waals surface area contributed by atoms with E-state index < -0.39 is 4.92 Å². The molecule has 7 nitrogen and oxygen atoms in total. The maximum atomic E-state index is 10.4. The van der Waals surface area contributed by atoms with Crippen molar-refractivity contribution >= 4 is 11.4 Å². The topological polar surface area (TPSA) is 127 Å². The predicted molar refractivity (Wildman–Crippen MR) is 60.6 cm³/mol. The first kappa shape index (κ1) is 12.7. The van der Waals surface area contributed by atoms with Crippen LogP contribution in [0.4, 0.5) is 11.4 Å². The highest BCUT2D eigenvalue weighted by molar-refractivity contribution is 5.59. The molecule has 7 heteroatoms. The highest BCUT2D eigenvalue weighted by atomic mass is 16.6. The van der Waals surface area contributed by atoms with Crippen LogP contribution < -0.4 is 5.32 Å². The monoisotopic (exact) mass is 239 g/mol. The molecule has 0 aliphatic carbocycles. The van der Waals surface area contributed by atoms with Crippen molar-refractivity contribution in [1.82, 2.24) is 0 Å². The number of hydrogen-bond acceptors (Lipinski definition) is 6. The molecule has 0 spiro atoms. The Morgan fingerprint density at radius 3 is 2.06 bits per heavy atom. The van der Waals surface area contributed by atoms with Crippen molar-refractivity contribution in [3.8, 4) is 18.2 Å². The maximum absolute atomic E-state index is 10.4. The number of nitriles is 3. The van der Waals surface area contributed by atoms with Crippen LogP contribution in [0.3, 0.4) is 0 Å². The summed E-state index contributed by atoms with van der Waals surface area (Å²) < 4.78 is 0. The molecule has 0 unspecified atom stereocenters. The second kappa shape index (κ2) is 5.64. The molecule has 0 heterocycles. The van der Waals surface area contributed by atoms with Gasteiger partial charge in [0.25, 0.3) is 5.69 Å². The molecule has 0 bridgehead atoms. The number of benzene rings is 1. The third kappa shape index (κ3) is 2.82. The number of nitrogens with one attached hydrogen (secondary N) is 1. The molecule has 1 aromatic carbocycles. The Morgan fingerprint density at radius 2 is 1.67 bits per heavy atom. The molecule has 0 aromatic heterocycles. The van der Waals surface area contributed by atoms with Gasteiger partial charge >= 0.3 is 0 Å². The summed E-state index contributed by atoms with van der Waals surface area (Å²) in [4.78, 5) is 9.87. The molecule has 0 amide bonds. The number of anilines is 1. The second-order valence-corrected chi connectivity index (χ2v) is 3.01. The Labute approximate surface area is 102 Å². The third-order valence-corrected chi connectivity index (χ3v) is 1.93. The molecule has 0 radical (unpaired) electrons. The predicted octanol–water partition coefficient (Wildman–Crippen LogP) is 1.83. The molecule has 0 atom stereocenters. The third-order valence-electron chi connectivity index (χ3n) is 1.93. The van der Waals surface area contributed by atoms with Crippen LogP contribution in [0.2, 0.25) is 0 Å². The van der Waals surface area contributed by atoms with Crippen LogP contribution in [0.5, 0.6) is 0 Å². The normalized spacial score (nSPS) is 8.28. The summed E-state index contributed by atoms with van der Waals surface area (Å²) in [6.07, 6.45) is 0. The van der Waals surface area contributed by atoms with E-state index in [9.17, 15) is 10.1 Å². The van der Waals surface area contributed by atoms with Gasteiger partial charge in [0, 0.05) is 17.8 Å². The molecule has 0 aliphatic rings. The van der Waals surface area contributed by atoms with Gasteiger partial charge in [0.15, 0.2) is 5.57 Å². The molecule has 1 aromatic rings. The van der Waals surface area contributed by atoms with Gasteiger partial charge in [0.2, 0.25) is 0 Å². The molecule has 18 heavy (non-hydrogen) atoms. The summed E-state index contributed by atoms with van der Waals surface area (Å²) in [5, 5.41) is 39.0. The molecule has 1 N–H and O–H groups in total. The summed E-state index contributed by atoms with van der Waals surface area (Å²) in [5.41, 5.74) is -0.270. The van der Waals surface area contributed by atoms with Crippen molar-refractivity contribution in [2.24, 2.45) is 0 Å². The lowest BCUT2D eigenvalue weighted by Crippen LogP contribution is -2.00. The van der Waals surface area contributed by atoms with Gasteiger partial charge in [-0.3, -0.25) is 10.1 Å². The Bertz CT molecular complexity index is 609. The lowest BCUT2D eigenvalue weighted by atomic mass is 10.2. The smallest absolute Gasteiger partial charge is 0.269 e. The second-order valence-electron chi connectivity index (χ2n) is 3.01. The van der Waals surface area contributed by atoms with Crippen LogP contribution in [0.15, 0.2) is 35.5 Å². The van der Waals surface area contributed by atoms with Crippen molar-refractivity contribution in [3.05, 3.63) is 45.6 Å². The molecular formula is C11H5N5O2. The van der Waals surface area contributed by atoms with E-state index in [2.05, 4.69) is 5.32 Å². The van der Waals surface area contributed by atoms with E-state index in [-0.39, 0.29) is 17.0 Å². The van der Waals surface area contributed by atoms with E-state index in [4.69, 9.17) is 15.8 Å². The minimum absolute atomic E-state index is 0.0937. The summed E-state index contributed by atoms with van der Waals surface area (Å²) in [6.45, 7) is 0. The standard InChI is InChI=1S/C11H5N5O2/c12-5-8(6-13)11(7-14)15-9-1-3-10(4-2-9)16(17)18/h1-4,15H. The lowest BCUT2D eigenvalue weighted by molar-refractivity contribution is -0.384. The minimum Gasteiger partial charge on any atom is -0.345 e. The quantitative estimate of drug-likeness (QED) is 0.487. The molecule has 1 rings (SSSR count). The summed E-state index contributed by atoms with van der Waals surface area (Å²) in [5.74, 6) is 0. The van der Waals surface area contributed by atoms with E-state index in [1.54, 1.807) is 18.2 Å². The maximum Gasteiger partial charge on any atom is 0.269 e. The van der Waals surface area contributed by atoms with Gasteiger partial charge in [-0.05, 0) is 12.1 Å². The fourth-order valence-electron chi connectivity index (χ4n) is 1.09. The van der Waals surface area contributed by atoms with E-state index in [1.165, 1.54) is 24.3 Å². The van der Waals surface area contributed by atoms with Crippen LogP contribution >= 0.6 is 0 Å². The van der Waals surface area contributed by atoms with Gasteiger partial charge < -0.3 is 5.32 Å².